The highest BCUT2D eigenvalue weighted by Crippen LogP contribution is 2.26. The summed E-state index contributed by atoms with van der Waals surface area (Å²) in [6.45, 7) is 6.68. The smallest absolute Gasteiger partial charge is 0.251 e. The fraction of sp³-hybridized carbons (Fsp3) is 0.409. The van der Waals surface area contributed by atoms with Crippen molar-refractivity contribution in [2.24, 2.45) is 0 Å². The number of nitrogens with zero attached hydrogens (tertiary/aromatic N) is 1. The number of hydrogen-bond donors (Lipinski definition) is 1. The van der Waals surface area contributed by atoms with Crippen LogP contribution in [0.4, 0.5) is 5.69 Å². The summed E-state index contributed by atoms with van der Waals surface area (Å²) in [5.74, 6) is 0.449. The van der Waals surface area contributed by atoms with Crippen LogP contribution in [0.15, 0.2) is 42.5 Å². The normalized spacial score (nSPS) is 15.3. The van der Waals surface area contributed by atoms with E-state index in [4.69, 9.17) is 16.3 Å². The molecule has 1 heterocycles. The molecule has 0 bridgehead atoms. The van der Waals surface area contributed by atoms with Gasteiger partial charge in [0.15, 0.2) is 0 Å². The third-order valence-corrected chi connectivity index (χ3v) is 5.25. The van der Waals surface area contributed by atoms with E-state index in [9.17, 15) is 4.79 Å². The minimum atomic E-state index is -0.146. The Balaban J connectivity index is 1.63. The van der Waals surface area contributed by atoms with E-state index >= 15 is 0 Å². The molecular weight excluding hydrogens is 360 g/mol. The van der Waals surface area contributed by atoms with Crippen molar-refractivity contribution in [2.75, 3.05) is 24.6 Å². The van der Waals surface area contributed by atoms with E-state index in [0.717, 1.165) is 18.7 Å². The van der Waals surface area contributed by atoms with Crippen molar-refractivity contribution >= 4 is 23.2 Å². The maximum Gasteiger partial charge on any atom is 0.251 e. The van der Waals surface area contributed by atoms with Gasteiger partial charge in [0.1, 0.15) is 5.75 Å². The number of piperidine rings is 1. The number of anilines is 1. The van der Waals surface area contributed by atoms with E-state index in [1.54, 1.807) is 18.2 Å². The summed E-state index contributed by atoms with van der Waals surface area (Å²) in [6, 6.07) is 13.5. The topological polar surface area (TPSA) is 41.6 Å². The molecule has 1 N–H and O–H groups in total. The number of nitrogens with one attached hydrogen (secondary N) is 1. The average molecular weight is 387 g/mol. The molecule has 144 valence electrons. The van der Waals surface area contributed by atoms with Crippen molar-refractivity contribution in [3.05, 3.63) is 58.6 Å². The minimum Gasteiger partial charge on any atom is -0.492 e. The van der Waals surface area contributed by atoms with Gasteiger partial charge in [-0.05, 0) is 69.0 Å². The fourth-order valence-corrected chi connectivity index (χ4v) is 3.64. The van der Waals surface area contributed by atoms with Crippen LogP contribution in [0.25, 0.3) is 0 Å². The zero-order valence-corrected chi connectivity index (χ0v) is 16.8. The molecule has 27 heavy (non-hydrogen) atoms. The molecule has 1 aliphatic rings. The molecule has 1 fully saturated rings. The highest BCUT2D eigenvalue weighted by Gasteiger charge is 2.15. The largest absolute Gasteiger partial charge is 0.492 e. The van der Waals surface area contributed by atoms with Gasteiger partial charge in [-0.1, -0.05) is 23.7 Å². The van der Waals surface area contributed by atoms with Crippen LogP contribution in [0.3, 0.4) is 0 Å². The molecule has 1 atom stereocenters. The van der Waals surface area contributed by atoms with E-state index < -0.39 is 0 Å². The van der Waals surface area contributed by atoms with Crippen LogP contribution < -0.4 is 15.0 Å². The second kappa shape index (κ2) is 9.14. The molecule has 0 radical (unpaired) electrons. The van der Waals surface area contributed by atoms with Crippen LogP contribution >= 0.6 is 11.6 Å². The second-order valence-corrected chi connectivity index (χ2v) is 7.32. The van der Waals surface area contributed by atoms with Gasteiger partial charge in [-0.15, -0.1) is 0 Å². The van der Waals surface area contributed by atoms with Crippen molar-refractivity contribution < 1.29 is 9.53 Å². The van der Waals surface area contributed by atoms with Gasteiger partial charge in [-0.3, -0.25) is 4.79 Å². The number of carbonyl (C=O) groups is 1. The van der Waals surface area contributed by atoms with Gasteiger partial charge < -0.3 is 15.0 Å². The second-order valence-electron chi connectivity index (χ2n) is 6.91. The Morgan fingerprint density at radius 2 is 1.85 bits per heavy atom. The molecule has 0 aromatic heterocycles. The predicted molar refractivity (Wildman–Crippen MR) is 111 cm³/mol. The molecule has 0 saturated carbocycles. The Labute approximate surface area is 166 Å². The van der Waals surface area contributed by atoms with Crippen LogP contribution in [0.5, 0.6) is 5.75 Å². The van der Waals surface area contributed by atoms with Crippen LogP contribution in [-0.2, 0) is 0 Å². The summed E-state index contributed by atoms with van der Waals surface area (Å²) in [5, 5.41) is 3.49. The monoisotopic (exact) mass is 386 g/mol. The van der Waals surface area contributed by atoms with Gasteiger partial charge in [0, 0.05) is 24.3 Å². The molecule has 4 nitrogen and oxygen atoms in total. The molecule has 2 aromatic carbocycles. The quantitative estimate of drug-likeness (QED) is 0.739. The van der Waals surface area contributed by atoms with Gasteiger partial charge >= 0.3 is 0 Å². The van der Waals surface area contributed by atoms with Crippen molar-refractivity contribution in [1.29, 1.82) is 0 Å². The Kier molecular flexibility index (Phi) is 6.62. The molecule has 0 aliphatic carbocycles. The summed E-state index contributed by atoms with van der Waals surface area (Å²) in [5.41, 5.74) is 2.87. The van der Waals surface area contributed by atoms with Crippen molar-refractivity contribution in [2.45, 2.75) is 39.2 Å². The lowest BCUT2D eigenvalue weighted by molar-refractivity contribution is 0.0940. The summed E-state index contributed by atoms with van der Waals surface area (Å²) in [6.07, 6.45) is 3.85. The van der Waals surface area contributed by atoms with E-state index in [0.29, 0.717) is 22.9 Å². The molecule has 1 amide bonds. The van der Waals surface area contributed by atoms with Crippen LogP contribution in [-0.4, -0.2) is 25.6 Å². The van der Waals surface area contributed by atoms with Crippen molar-refractivity contribution in [3.8, 4) is 5.75 Å². The third-order valence-electron chi connectivity index (χ3n) is 4.96. The lowest BCUT2D eigenvalue weighted by Crippen LogP contribution is -2.29. The fourth-order valence-electron chi connectivity index (χ4n) is 3.40. The Bertz CT molecular complexity index is 770. The zero-order valence-electron chi connectivity index (χ0n) is 16.0. The highest BCUT2D eigenvalue weighted by molar-refractivity contribution is 6.32. The molecular formula is C22H27ClN2O2. The molecule has 1 aliphatic heterocycles. The Morgan fingerprint density at radius 1 is 1.15 bits per heavy atom. The first-order valence-corrected chi connectivity index (χ1v) is 10.0. The molecule has 2 aromatic rings. The number of amides is 1. The molecule has 1 saturated heterocycles. The Morgan fingerprint density at radius 3 is 2.48 bits per heavy atom. The van der Waals surface area contributed by atoms with Crippen molar-refractivity contribution in [3.63, 3.8) is 0 Å². The number of rotatable bonds is 6. The summed E-state index contributed by atoms with van der Waals surface area (Å²) >= 11 is 6.19. The third kappa shape index (κ3) is 4.95. The van der Waals surface area contributed by atoms with Gasteiger partial charge in [0.05, 0.1) is 17.7 Å². The van der Waals surface area contributed by atoms with E-state index in [1.165, 1.54) is 24.9 Å². The van der Waals surface area contributed by atoms with E-state index in [2.05, 4.69) is 34.5 Å². The van der Waals surface area contributed by atoms with Crippen LogP contribution in [0.2, 0.25) is 5.02 Å². The lowest BCUT2D eigenvalue weighted by Gasteiger charge is -2.29. The zero-order chi connectivity index (χ0) is 19.2. The maximum atomic E-state index is 12.5. The number of benzene rings is 2. The number of carbonyl (C=O) groups excluding carboxylic acids is 1. The molecule has 0 unspecified atom stereocenters. The number of hydrogen-bond acceptors (Lipinski definition) is 3. The van der Waals surface area contributed by atoms with Gasteiger partial charge in [0.2, 0.25) is 0 Å². The van der Waals surface area contributed by atoms with Crippen LogP contribution in [0.1, 0.15) is 55.1 Å². The summed E-state index contributed by atoms with van der Waals surface area (Å²) in [7, 11) is 0. The van der Waals surface area contributed by atoms with E-state index in [1.807, 2.05) is 13.8 Å². The van der Waals surface area contributed by atoms with E-state index in [-0.39, 0.29) is 11.9 Å². The molecule has 5 heteroatoms. The predicted octanol–water partition coefficient (Wildman–Crippen LogP) is 5.22. The van der Waals surface area contributed by atoms with Gasteiger partial charge in [-0.2, -0.15) is 0 Å². The number of ether oxygens (including phenoxy) is 1. The van der Waals surface area contributed by atoms with Crippen LogP contribution in [0, 0.1) is 0 Å². The first-order chi connectivity index (χ1) is 13.1. The minimum absolute atomic E-state index is 0.0850. The summed E-state index contributed by atoms with van der Waals surface area (Å²) < 4.78 is 5.42. The first kappa shape index (κ1) is 19.6. The highest BCUT2D eigenvalue weighted by atomic mass is 35.5. The standard InChI is InChI=1S/C22H27ClN2O2/c1-3-27-21-12-9-18(15-20(21)23)22(26)24-16(2)17-7-10-19(11-8-17)25-13-5-4-6-14-25/h7-12,15-16H,3-6,13-14H2,1-2H3,(H,24,26)/t16-/m1/s1. The molecule has 3 rings (SSSR count). The maximum absolute atomic E-state index is 12.5. The first-order valence-electron chi connectivity index (χ1n) is 9.66. The summed E-state index contributed by atoms with van der Waals surface area (Å²) in [4.78, 5) is 15.0. The average Bonchev–Trinajstić information content (AvgIpc) is 2.70. The Hall–Kier alpha value is -2.20. The SMILES string of the molecule is CCOc1ccc(C(=O)N[C@H](C)c2ccc(N3CCCCC3)cc2)cc1Cl. The van der Waals surface area contributed by atoms with Gasteiger partial charge in [0.25, 0.3) is 5.91 Å². The van der Waals surface area contributed by atoms with Crippen molar-refractivity contribution in [1.82, 2.24) is 5.32 Å². The molecule has 0 spiro atoms. The number of halogens is 1. The van der Waals surface area contributed by atoms with Gasteiger partial charge in [-0.25, -0.2) is 0 Å². The lowest BCUT2D eigenvalue weighted by atomic mass is 10.1.